The topological polar surface area (TPSA) is 143 Å². The van der Waals surface area contributed by atoms with Crippen molar-refractivity contribution in [1.82, 2.24) is 5.43 Å². The number of phenols is 1. The van der Waals surface area contributed by atoms with Crippen LogP contribution in [0.3, 0.4) is 0 Å². The van der Waals surface area contributed by atoms with E-state index < -0.39 is 14.9 Å². The van der Waals surface area contributed by atoms with Gasteiger partial charge in [0.05, 0.1) is 24.3 Å². The molecular formula is C15H12N4O6S. The van der Waals surface area contributed by atoms with Gasteiger partial charge in [-0.05, 0) is 12.1 Å². The second kappa shape index (κ2) is 6.44. The van der Waals surface area contributed by atoms with Gasteiger partial charge in [-0.1, -0.05) is 12.1 Å². The first-order chi connectivity index (χ1) is 12.3. The molecule has 1 heterocycles. The maximum Gasteiger partial charge on any atom is 0.285 e. The van der Waals surface area contributed by atoms with E-state index in [1.165, 1.54) is 13.2 Å². The Morgan fingerprint density at radius 1 is 1.35 bits per heavy atom. The van der Waals surface area contributed by atoms with E-state index in [2.05, 4.69) is 14.9 Å². The summed E-state index contributed by atoms with van der Waals surface area (Å²) >= 11 is 0. The van der Waals surface area contributed by atoms with Crippen LogP contribution in [0.2, 0.25) is 0 Å². The molecule has 3 rings (SSSR count). The van der Waals surface area contributed by atoms with Crippen LogP contribution in [-0.2, 0) is 10.0 Å². The molecular weight excluding hydrogens is 364 g/mol. The standard InChI is InChI=1S/C15H12N4O6S/c1-25-12-7-10(19(21)22)6-9(14(12)20)8-16-17-15-11-4-2-3-5-13(11)26(23,24)18-15/h2-8,20H,1H3,(H,17,18)/b16-8-. The van der Waals surface area contributed by atoms with Gasteiger partial charge in [0.1, 0.15) is 4.90 Å². The number of amidine groups is 1. The van der Waals surface area contributed by atoms with E-state index in [0.717, 1.165) is 18.3 Å². The number of hydrogen-bond donors (Lipinski definition) is 2. The van der Waals surface area contributed by atoms with E-state index in [9.17, 15) is 23.6 Å². The van der Waals surface area contributed by atoms with Crippen molar-refractivity contribution in [2.24, 2.45) is 9.50 Å². The number of ether oxygens (including phenoxy) is 1. The number of nitrogens with one attached hydrogen (secondary N) is 1. The van der Waals surface area contributed by atoms with Crippen molar-refractivity contribution >= 4 is 27.8 Å². The SMILES string of the molecule is COc1cc([N+](=O)[O-])cc(/C=N\NC2=NS(=O)(=O)c3ccccc32)c1O. The largest absolute Gasteiger partial charge is 0.504 e. The lowest BCUT2D eigenvalue weighted by Crippen LogP contribution is -2.17. The van der Waals surface area contributed by atoms with Gasteiger partial charge < -0.3 is 9.84 Å². The van der Waals surface area contributed by atoms with Gasteiger partial charge in [-0.3, -0.25) is 15.5 Å². The third-order valence-electron chi connectivity index (χ3n) is 3.53. The third-order valence-corrected chi connectivity index (χ3v) is 4.86. The van der Waals surface area contributed by atoms with Gasteiger partial charge >= 0.3 is 0 Å². The molecule has 2 aromatic rings. The molecule has 0 saturated carbocycles. The molecule has 0 bridgehead atoms. The first-order valence-corrected chi connectivity index (χ1v) is 8.56. The minimum atomic E-state index is -3.79. The zero-order chi connectivity index (χ0) is 18.9. The number of phenolic OH excluding ortho intramolecular Hbond substituents is 1. The van der Waals surface area contributed by atoms with Crippen LogP contribution < -0.4 is 10.2 Å². The summed E-state index contributed by atoms with van der Waals surface area (Å²) in [4.78, 5) is 10.4. The fourth-order valence-electron chi connectivity index (χ4n) is 2.32. The molecule has 11 heteroatoms. The van der Waals surface area contributed by atoms with E-state index in [4.69, 9.17) is 4.74 Å². The molecule has 0 aliphatic carbocycles. The summed E-state index contributed by atoms with van der Waals surface area (Å²) in [5, 5.41) is 24.8. The van der Waals surface area contributed by atoms with Gasteiger partial charge in [-0.25, -0.2) is 0 Å². The number of benzene rings is 2. The fraction of sp³-hybridized carbons (Fsp3) is 0.0667. The Bertz CT molecular complexity index is 1060. The van der Waals surface area contributed by atoms with Crippen molar-refractivity contribution in [3.63, 3.8) is 0 Å². The number of sulfonamides is 1. The molecule has 0 amide bonds. The molecule has 134 valence electrons. The lowest BCUT2D eigenvalue weighted by molar-refractivity contribution is -0.385. The molecule has 0 unspecified atom stereocenters. The van der Waals surface area contributed by atoms with E-state index in [1.807, 2.05) is 0 Å². The van der Waals surface area contributed by atoms with E-state index >= 15 is 0 Å². The molecule has 1 aliphatic heterocycles. The van der Waals surface area contributed by atoms with Crippen LogP contribution >= 0.6 is 0 Å². The molecule has 26 heavy (non-hydrogen) atoms. The van der Waals surface area contributed by atoms with Crippen LogP contribution in [-0.4, -0.2) is 37.6 Å². The third kappa shape index (κ3) is 3.07. The molecule has 0 aromatic heterocycles. The van der Waals surface area contributed by atoms with Crippen LogP contribution in [0.4, 0.5) is 5.69 Å². The average Bonchev–Trinajstić information content (AvgIpc) is 2.87. The Morgan fingerprint density at radius 3 is 2.77 bits per heavy atom. The van der Waals surface area contributed by atoms with Gasteiger partial charge in [-0.2, -0.15) is 13.5 Å². The van der Waals surface area contributed by atoms with Crippen molar-refractivity contribution in [3.05, 3.63) is 57.6 Å². The van der Waals surface area contributed by atoms with Crippen molar-refractivity contribution in [2.75, 3.05) is 7.11 Å². The van der Waals surface area contributed by atoms with E-state index in [-0.39, 0.29) is 33.5 Å². The first-order valence-electron chi connectivity index (χ1n) is 7.12. The number of nitro benzene ring substituents is 1. The van der Waals surface area contributed by atoms with E-state index in [1.54, 1.807) is 18.2 Å². The molecule has 1 aliphatic rings. The van der Waals surface area contributed by atoms with Crippen LogP contribution in [0, 0.1) is 10.1 Å². The van der Waals surface area contributed by atoms with Gasteiger partial charge in [0.15, 0.2) is 17.3 Å². The number of methoxy groups -OCH3 is 1. The smallest absolute Gasteiger partial charge is 0.285 e. The summed E-state index contributed by atoms with van der Waals surface area (Å²) < 4.78 is 32.4. The predicted molar refractivity (Wildman–Crippen MR) is 92.2 cm³/mol. The quantitative estimate of drug-likeness (QED) is 0.466. The summed E-state index contributed by atoms with van der Waals surface area (Å²) in [6.07, 6.45) is 1.10. The number of nitrogens with zero attached hydrogens (tertiary/aromatic N) is 3. The highest BCUT2D eigenvalue weighted by Crippen LogP contribution is 2.33. The number of rotatable bonds is 4. The molecule has 0 saturated heterocycles. The summed E-state index contributed by atoms with van der Waals surface area (Å²) in [6, 6.07) is 8.39. The molecule has 10 nitrogen and oxygen atoms in total. The van der Waals surface area contributed by atoms with Gasteiger partial charge in [-0.15, -0.1) is 4.40 Å². The Balaban J connectivity index is 1.91. The Labute approximate surface area is 147 Å². The number of nitro groups is 1. The van der Waals surface area contributed by atoms with Gasteiger partial charge in [0.25, 0.3) is 15.7 Å². The lowest BCUT2D eigenvalue weighted by atomic mass is 10.1. The maximum atomic E-state index is 11.9. The lowest BCUT2D eigenvalue weighted by Gasteiger charge is -2.06. The molecule has 0 fully saturated rings. The minimum Gasteiger partial charge on any atom is -0.504 e. The zero-order valence-corrected chi connectivity index (χ0v) is 14.1. The normalized spacial score (nSPS) is 14.7. The number of fused-ring (bicyclic) bond motifs is 1. The predicted octanol–water partition coefficient (Wildman–Crippen LogP) is 1.38. The van der Waals surface area contributed by atoms with Crippen molar-refractivity contribution in [3.8, 4) is 11.5 Å². The molecule has 2 N–H and O–H groups in total. The highest BCUT2D eigenvalue weighted by Gasteiger charge is 2.28. The zero-order valence-electron chi connectivity index (χ0n) is 13.3. The second-order valence-corrected chi connectivity index (χ2v) is 6.70. The highest BCUT2D eigenvalue weighted by atomic mass is 32.2. The molecule has 0 spiro atoms. The number of non-ortho nitro benzene ring substituents is 1. The Kier molecular flexibility index (Phi) is 4.30. The number of hydrogen-bond acceptors (Lipinski definition) is 8. The van der Waals surface area contributed by atoms with Crippen molar-refractivity contribution in [2.45, 2.75) is 4.90 Å². The van der Waals surface area contributed by atoms with Crippen LogP contribution in [0.5, 0.6) is 11.5 Å². The minimum absolute atomic E-state index is 0.00809. The monoisotopic (exact) mass is 376 g/mol. The summed E-state index contributed by atoms with van der Waals surface area (Å²) in [5.41, 5.74) is 2.54. The fourth-order valence-corrected chi connectivity index (χ4v) is 3.49. The first kappa shape index (κ1) is 17.4. The van der Waals surface area contributed by atoms with Crippen LogP contribution in [0.1, 0.15) is 11.1 Å². The Hall–Kier alpha value is -3.47. The summed E-state index contributed by atoms with van der Waals surface area (Å²) in [7, 11) is -2.54. The maximum absolute atomic E-state index is 11.9. The van der Waals surface area contributed by atoms with E-state index in [0.29, 0.717) is 5.56 Å². The molecule has 0 atom stereocenters. The van der Waals surface area contributed by atoms with Crippen molar-refractivity contribution < 1.29 is 23.2 Å². The van der Waals surface area contributed by atoms with Crippen molar-refractivity contribution in [1.29, 1.82) is 0 Å². The number of aromatic hydroxyl groups is 1. The van der Waals surface area contributed by atoms with Crippen LogP contribution in [0.25, 0.3) is 0 Å². The van der Waals surface area contributed by atoms with Gasteiger partial charge in [0, 0.05) is 17.2 Å². The van der Waals surface area contributed by atoms with Gasteiger partial charge in [0.2, 0.25) is 0 Å². The highest BCUT2D eigenvalue weighted by molar-refractivity contribution is 7.90. The average molecular weight is 376 g/mol. The molecule has 2 aromatic carbocycles. The molecule has 0 radical (unpaired) electrons. The summed E-state index contributed by atoms with van der Waals surface area (Å²) in [5.74, 6) is -0.425. The summed E-state index contributed by atoms with van der Waals surface area (Å²) in [6.45, 7) is 0. The second-order valence-electron chi connectivity index (χ2n) is 5.12. The van der Waals surface area contributed by atoms with Crippen LogP contribution in [0.15, 0.2) is 50.8 Å². The number of hydrazone groups is 1. The Morgan fingerprint density at radius 2 is 2.08 bits per heavy atom.